The molecule has 1 heterocycles. The fourth-order valence-electron chi connectivity index (χ4n) is 21.2. The molecule has 8 bridgehead atoms. The molecular weight excluding hydrogens is 981 g/mol. The quantitative estimate of drug-likeness (QED) is 0.155. The number of rotatable bonds is 6. The zero-order valence-corrected chi connectivity index (χ0v) is 45.6. The molecule has 3 heteroatoms. The van der Waals surface area contributed by atoms with E-state index in [0.717, 1.165) is 62.7 Å². The van der Waals surface area contributed by atoms with Crippen molar-refractivity contribution in [3.05, 3.63) is 229 Å². The van der Waals surface area contributed by atoms with E-state index in [-0.39, 0.29) is 10.8 Å². The Kier molecular flexibility index (Phi) is 8.73. The molecule has 0 amide bonds. The van der Waals surface area contributed by atoms with Gasteiger partial charge in [0.1, 0.15) is 11.2 Å². The van der Waals surface area contributed by atoms with Crippen LogP contribution >= 0.6 is 0 Å². The van der Waals surface area contributed by atoms with E-state index in [9.17, 15) is 0 Å². The minimum atomic E-state index is 0.0491. The third-order valence-electron chi connectivity index (χ3n) is 23.3. The van der Waals surface area contributed by atoms with E-state index in [1.54, 1.807) is 22.3 Å². The number of hydrogen-bond donors (Lipinski definition) is 0. The van der Waals surface area contributed by atoms with Crippen molar-refractivity contribution in [1.29, 1.82) is 0 Å². The van der Waals surface area contributed by atoms with Crippen LogP contribution < -0.4 is 9.80 Å². The number of para-hydroxylation sites is 2. The van der Waals surface area contributed by atoms with Gasteiger partial charge < -0.3 is 14.2 Å². The largest absolute Gasteiger partial charge is 0.456 e. The van der Waals surface area contributed by atoms with Crippen LogP contribution in [0.25, 0.3) is 76.5 Å². The molecule has 8 fully saturated rings. The molecule has 1 aromatic heterocycles. The Bertz CT molecular complexity index is 4460. The van der Waals surface area contributed by atoms with Crippen molar-refractivity contribution in [3.8, 4) is 22.3 Å². The monoisotopic (exact) mass is 1040 g/mol. The Balaban J connectivity index is 0.868. The van der Waals surface area contributed by atoms with Crippen molar-refractivity contribution < 1.29 is 4.42 Å². The first-order chi connectivity index (χ1) is 40.1. The molecule has 10 aliphatic carbocycles. The zero-order valence-electron chi connectivity index (χ0n) is 45.6. The van der Waals surface area contributed by atoms with Crippen LogP contribution in [-0.4, -0.2) is 0 Å². The SMILES string of the molecule is c1ccc(N(c2ccc3ccc4c(N(c5cccc6c5-c5ccccc5C65C6CC7CC(C6)CC5C7)c5cccc6c5-c5ccccc5C65C6CC7CC(C6)CC5C7)ccc5ccc2c3c54)c2cccc3oc4ccccc4c23)cc1. The van der Waals surface area contributed by atoms with Crippen molar-refractivity contribution in [2.45, 2.75) is 75.0 Å². The Labute approximate surface area is 473 Å². The predicted octanol–water partition coefficient (Wildman–Crippen LogP) is 20.9. The summed E-state index contributed by atoms with van der Waals surface area (Å²) in [5.74, 6) is 6.27. The van der Waals surface area contributed by atoms with Crippen molar-refractivity contribution in [2.75, 3.05) is 9.80 Å². The van der Waals surface area contributed by atoms with Crippen LogP contribution in [0.4, 0.5) is 34.1 Å². The molecule has 3 nitrogen and oxygen atoms in total. The first-order valence-corrected chi connectivity index (χ1v) is 30.8. The maximum Gasteiger partial charge on any atom is 0.137 e. The average Bonchev–Trinajstić information content (AvgIpc) is 2.62. The molecule has 0 saturated heterocycles. The topological polar surface area (TPSA) is 19.6 Å². The van der Waals surface area contributed by atoms with Gasteiger partial charge in [0.05, 0.1) is 33.8 Å². The molecule has 0 unspecified atom stereocenters. The second-order valence-corrected chi connectivity index (χ2v) is 26.7. The van der Waals surface area contributed by atoms with Crippen molar-refractivity contribution in [3.63, 3.8) is 0 Å². The highest BCUT2D eigenvalue weighted by Crippen LogP contribution is 2.73. The summed E-state index contributed by atoms with van der Waals surface area (Å²) in [7, 11) is 0. The lowest BCUT2D eigenvalue weighted by Gasteiger charge is -2.61. The minimum absolute atomic E-state index is 0.0491. The molecule has 81 heavy (non-hydrogen) atoms. The molecule has 10 aliphatic rings. The van der Waals surface area contributed by atoms with Gasteiger partial charge in [0, 0.05) is 43.8 Å². The average molecular weight is 1040 g/mol. The van der Waals surface area contributed by atoms with Crippen LogP contribution in [0.15, 0.2) is 211 Å². The fraction of sp³-hybridized carbons (Fsp3) is 0.256. The molecule has 2 spiro atoms. The number of benzene rings is 11. The van der Waals surface area contributed by atoms with E-state index in [4.69, 9.17) is 4.42 Å². The first kappa shape index (κ1) is 44.6. The molecule has 8 saturated carbocycles. The van der Waals surface area contributed by atoms with E-state index < -0.39 is 0 Å². The second-order valence-electron chi connectivity index (χ2n) is 26.7. The van der Waals surface area contributed by atoms with Gasteiger partial charge in [-0.15, -0.1) is 0 Å². The Morgan fingerprint density at radius 1 is 0.296 bits per heavy atom. The van der Waals surface area contributed by atoms with Crippen LogP contribution in [0.2, 0.25) is 0 Å². The zero-order chi connectivity index (χ0) is 52.4. The van der Waals surface area contributed by atoms with Crippen molar-refractivity contribution >= 4 is 88.4 Å². The summed E-state index contributed by atoms with van der Waals surface area (Å²) in [6, 6.07) is 80.2. The molecule has 0 N–H and O–H groups in total. The highest BCUT2D eigenvalue weighted by atomic mass is 16.3. The van der Waals surface area contributed by atoms with Crippen LogP contribution in [-0.2, 0) is 10.8 Å². The summed E-state index contributed by atoms with van der Waals surface area (Å²) in [4.78, 5) is 5.31. The van der Waals surface area contributed by atoms with Crippen molar-refractivity contribution in [1.82, 2.24) is 0 Å². The summed E-state index contributed by atoms with van der Waals surface area (Å²) in [6.07, 6.45) is 13.9. The van der Waals surface area contributed by atoms with Gasteiger partial charge in [-0.3, -0.25) is 0 Å². The van der Waals surface area contributed by atoms with E-state index in [1.807, 2.05) is 0 Å². The first-order valence-electron chi connectivity index (χ1n) is 30.8. The standard InChI is InChI=1S/C78H62N2O/c1-2-13-55(14-3-1)79(69-24-12-26-71-76(69)60-17-6-9-25-70(60)81-71)65-33-29-49-28-32-59-66(34-30-50-27-31-58(65)72(49)73(50)59)80(67-22-10-20-63-74(67)56-15-4-7-18-61(56)77(63)51-37-45-35-46(39-51)40-52(77)38-45)68-23-11-21-64-75(68)57-16-5-8-19-62(57)78(64)53-41-47-36-48(43-53)44-54(78)42-47/h1-34,45-48,51-54H,35-44H2. The molecule has 0 atom stereocenters. The van der Waals surface area contributed by atoms with Gasteiger partial charge in [-0.25, -0.2) is 0 Å². The summed E-state index contributed by atoms with van der Waals surface area (Å²) in [5, 5.41) is 9.93. The van der Waals surface area contributed by atoms with Gasteiger partial charge in [0.15, 0.2) is 0 Å². The molecular formula is C78H62N2O. The van der Waals surface area contributed by atoms with Gasteiger partial charge in [-0.2, -0.15) is 0 Å². The van der Waals surface area contributed by atoms with Crippen molar-refractivity contribution in [2.24, 2.45) is 47.3 Å². The van der Waals surface area contributed by atoms with Gasteiger partial charge in [0.2, 0.25) is 0 Å². The number of hydrogen-bond acceptors (Lipinski definition) is 3. The maximum absolute atomic E-state index is 6.58. The lowest BCUT2D eigenvalue weighted by atomic mass is 9.43. The third-order valence-corrected chi connectivity index (χ3v) is 23.3. The normalized spacial score (nSPS) is 27.6. The second kappa shape index (κ2) is 15.9. The fourth-order valence-corrected chi connectivity index (χ4v) is 21.2. The molecule has 11 aromatic carbocycles. The smallest absolute Gasteiger partial charge is 0.137 e. The number of nitrogens with zero attached hydrogens (tertiary/aromatic N) is 2. The lowest BCUT2D eigenvalue weighted by molar-refractivity contribution is -0.0399. The van der Waals surface area contributed by atoms with Crippen LogP contribution in [0, 0.1) is 47.3 Å². The molecule has 12 aromatic rings. The summed E-state index contributed by atoms with van der Waals surface area (Å²) >= 11 is 0. The number of anilines is 6. The Morgan fingerprint density at radius 3 is 1.28 bits per heavy atom. The van der Waals surface area contributed by atoms with E-state index in [1.165, 1.54) is 136 Å². The van der Waals surface area contributed by atoms with Crippen LogP contribution in [0.1, 0.15) is 86.5 Å². The maximum atomic E-state index is 6.58. The predicted molar refractivity (Wildman–Crippen MR) is 333 cm³/mol. The van der Waals surface area contributed by atoms with Gasteiger partial charge in [-0.1, -0.05) is 152 Å². The molecule has 0 aliphatic heterocycles. The summed E-state index contributed by atoms with van der Waals surface area (Å²) in [5.41, 5.74) is 21.5. The molecule has 390 valence electrons. The van der Waals surface area contributed by atoms with Gasteiger partial charge in [0.25, 0.3) is 0 Å². The number of furan rings is 1. The summed E-state index contributed by atoms with van der Waals surface area (Å²) in [6.45, 7) is 0. The van der Waals surface area contributed by atoms with Gasteiger partial charge in [-0.05, 0) is 221 Å². The minimum Gasteiger partial charge on any atom is -0.456 e. The third kappa shape index (κ3) is 5.57. The van der Waals surface area contributed by atoms with Gasteiger partial charge >= 0.3 is 0 Å². The Morgan fingerprint density at radius 2 is 0.728 bits per heavy atom. The Hall–Kier alpha value is -8.14. The summed E-state index contributed by atoms with van der Waals surface area (Å²) < 4.78 is 6.58. The van der Waals surface area contributed by atoms with Crippen LogP contribution in [0.3, 0.4) is 0 Å². The van der Waals surface area contributed by atoms with Crippen LogP contribution in [0.5, 0.6) is 0 Å². The van der Waals surface area contributed by atoms with E-state index in [2.05, 4.69) is 216 Å². The van der Waals surface area contributed by atoms with E-state index in [0.29, 0.717) is 23.7 Å². The number of fused-ring (bicyclic) bond motifs is 9. The molecule has 0 radical (unpaired) electrons. The molecule has 22 rings (SSSR count). The lowest BCUT2D eigenvalue weighted by Crippen LogP contribution is -2.55. The highest BCUT2D eigenvalue weighted by Gasteiger charge is 2.64. The highest BCUT2D eigenvalue weighted by molar-refractivity contribution is 6.29. The van der Waals surface area contributed by atoms with E-state index >= 15 is 0 Å².